The fraction of sp³-hybridized carbons (Fsp3) is 0.375. The zero-order chi connectivity index (χ0) is 32.4. The molecule has 0 unspecified atom stereocenters. The van der Waals surface area contributed by atoms with Crippen LogP contribution in [-0.2, 0) is 16.1 Å². The summed E-state index contributed by atoms with van der Waals surface area (Å²) >= 11 is 1.32. The molecule has 0 spiro atoms. The Kier molecular flexibility index (Phi) is 8.63. The van der Waals surface area contributed by atoms with E-state index in [1.54, 1.807) is 61.3 Å². The average molecular weight is 645 g/mol. The summed E-state index contributed by atoms with van der Waals surface area (Å²) in [6.07, 6.45) is 1.44. The number of nitrogens with one attached hydrogen (secondary N) is 2. The summed E-state index contributed by atoms with van der Waals surface area (Å²) in [6.45, 7) is 8.47. The van der Waals surface area contributed by atoms with Gasteiger partial charge in [-0.3, -0.25) is 19.1 Å². The molecule has 2 aliphatic rings. The third kappa shape index (κ3) is 7.28. The van der Waals surface area contributed by atoms with Gasteiger partial charge in [-0.25, -0.2) is 9.78 Å². The van der Waals surface area contributed by atoms with Crippen LogP contribution in [0.4, 0.5) is 15.6 Å². The Hall–Kier alpha value is -4.98. The summed E-state index contributed by atoms with van der Waals surface area (Å²) in [4.78, 5) is 60.4. The molecule has 2 aromatic heterocycles. The minimum Gasteiger partial charge on any atom is -0.444 e. The van der Waals surface area contributed by atoms with Crippen LogP contribution in [0.2, 0.25) is 0 Å². The van der Waals surface area contributed by atoms with E-state index in [4.69, 9.17) is 4.74 Å². The number of carbonyl (C=O) groups excluding carboxylic acids is 4. The number of amides is 4. The van der Waals surface area contributed by atoms with Crippen molar-refractivity contribution < 1.29 is 23.9 Å². The second-order valence-electron chi connectivity index (χ2n) is 12.4. The summed E-state index contributed by atoms with van der Waals surface area (Å²) in [5.74, 6) is -0.441. The number of likely N-dealkylation sites (tertiary alicyclic amines) is 1. The highest BCUT2D eigenvalue weighted by Crippen LogP contribution is 2.23. The van der Waals surface area contributed by atoms with Crippen molar-refractivity contribution >= 4 is 56.9 Å². The van der Waals surface area contributed by atoms with E-state index in [0.29, 0.717) is 61.2 Å². The topological polar surface area (TPSA) is 142 Å². The Morgan fingerprint density at radius 2 is 1.67 bits per heavy atom. The van der Waals surface area contributed by atoms with Gasteiger partial charge < -0.3 is 30.1 Å². The fourth-order valence-corrected chi connectivity index (χ4v) is 6.02. The fourth-order valence-electron chi connectivity index (χ4n) is 5.26. The summed E-state index contributed by atoms with van der Waals surface area (Å²) in [5.41, 5.74) is 1.67. The monoisotopic (exact) mass is 644 g/mol. The van der Waals surface area contributed by atoms with E-state index in [1.165, 1.54) is 11.3 Å². The Balaban J connectivity index is 0.981. The van der Waals surface area contributed by atoms with Crippen molar-refractivity contribution in [1.82, 2.24) is 29.5 Å². The molecule has 2 saturated heterocycles. The van der Waals surface area contributed by atoms with Gasteiger partial charge >= 0.3 is 6.09 Å². The first-order chi connectivity index (χ1) is 22.0. The third-order valence-electron chi connectivity index (χ3n) is 7.64. The largest absolute Gasteiger partial charge is 0.444 e. The summed E-state index contributed by atoms with van der Waals surface area (Å²) in [5, 5.41) is 13.7. The quantitative estimate of drug-likeness (QED) is 0.310. The number of nitrogens with zero attached hydrogens (tertiary/aromatic N) is 6. The molecule has 4 amide bonds. The van der Waals surface area contributed by atoms with Gasteiger partial charge in [0.05, 0.1) is 11.6 Å². The molecule has 4 aromatic rings. The number of carbonyl (C=O) groups is 4. The number of benzene rings is 2. The number of thiazole rings is 1. The second kappa shape index (κ2) is 12.8. The molecule has 13 nitrogen and oxygen atoms in total. The molecule has 0 atom stereocenters. The van der Waals surface area contributed by atoms with Crippen LogP contribution < -0.4 is 10.6 Å². The maximum Gasteiger partial charge on any atom is 0.410 e. The molecule has 14 heteroatoms. The first-order valence-corrected chi connectivity index (χ1v) is 16.0. The number of fused-ring (bicyclic) bond motifs is 1. The van der Waals surface area contributed by atoms with Gasteiger partial charge in [0, 0.05) is 67.5 Å². The second-order valence-corrected chi connectivity index (χ2v) is 13.2. The number of piperazine rings is 1. The van der Waals surface area contributed by atoms with Crippen LogP contribution in [0, 0.1) is 0 Å². The van der Waals surface area contributed by atoms with E-state index < -0.39 is 5.60 Å². The number of anilines is 2. The molecule has 0 bridgehead atoms. The molecular weight excluding hydrogens is 608 g/mol. The molecule has 0 saturated carbocycles. The zero-order valence-electron chi connectivity index (χ0n) is 25.9. The Morgan fingerprint density at radius 3 is 2.39 bits per heavy atom. The van der Waals surface area contributed by atoms with Gasteiger partial charge in [0.15, 0.2) is 5.13 Å². The average Bonchev–Trinajstić information content (AvgIpc) is 3.64. The van der Waals surface area contributed by atoms with Crippen LogP contribution in [-0.4, -0.2) is 104 Å². The van der Waals surface area contributed by atoms with Crippen LogP contribution >= 0.6 is 11.3 Å². The van der Waals surface area contributed by atoms with Crippen molar-refractivity contribution in [2.45, 2.75) is 39.0 Å². The molecule has 6 rings (SSSR count). The van der Waals surface area contributed by atoms with Crippen LogP contribution in [0.15, 0.2) is 60.1 Å². The van der Waals surface area contributed by atoms with Crippen LogP contribution in [0.5, 0.6) is 0 Å². The molecule has 46 heavy (non-hydrogen) atoms. The first-order valence-electron chi connectivity index (χ1n) is 15.1. The lowest BCUT2D eigenvalue weighted by Gasteiger charge is -2.39. The molecule has 2 N–H and O–H groups in total. The molecule has 2 fully saturated rings. The highest BCUT2D eigenvalue weighted by molar-refractivity contribution is 7.13. The summed E-state index contributed by atoms with van der Waals surface area (Å²) in [6, 6.07) is 14.5. The van der Waals surface area contributed by atoms with Crippen molar-refractivity contribution in [1.29, 1.82) is 0 Å². The van der Waals surface area contributed by atoms with E-state index in [9.17, 15) is 19.2 Å². The highest BCUT2D eigenvalue weighted by Gasteiger charge is 2.34. The van der Waals surface area contributed by atoms with E-state index in [1.807, 2.05) is 39.0 Å². The van der Waals surface area contributed by atoms with Gasteiger partial charge in [0.25, 0.3) is 11.8 Å². The van der Waals surface area contributed by atoms with E-state index in [0.717, 1.165) is 5.39 Å². The molecule has 0 radical (unpaired) electrons. The van der Waals surface area contributed by atoms with E-state index in [2.05, 4.69) is 20.7 Å². The van der Waals surface area contributed by atoms with Crippen LogP contribution in [0.25, 0.3) is 10.9 Å². The lowest BCUT2D eigenvalue weighted by Crippen LogP contribution is -2.57. The maximum absolute atomic E-state index is 13.0. The normalized spacial score (nSPS) is 15.4. The van der Waals surface area contributed by atoms with Gasteiger partial charge in [0.1, 0.15) is 17.8 Å². The predicted octanol–water partition coefficient (Wildman–Crippen LogP) is 3.76. The smallest absolute Gasteiger partial charge is 0.410 e. The predicted molar refractivity (Wildman–Crippen MR) is 174 cm³/mol. The van der Waals surface area contributed by atoms with Gasteiger partial charge in [-0.1, -0.05) is 18.2 Å². The number of rotatable bonds is 7. The minimum atomic E-state index is -0.541. The van der Waals surface area contributed by atoms with Crippen LogP contribution in [0.3, 0.4) is 0 Å². The number of ether oxygens (including phenoxy) is 1. The Labute approximate surface area is 270 Å². The number of hydrogen-bond donors (Lipinski definition) is 2. The summed E-state index contributed by atoms with van der Waals surface area (Å²) in [7, 11) is 0. The lowest BCUT2D eigenvalue weighted by molar-refractivity contribution is -0.133. The maximum atomic E-state index is 13.0. The van der Waals surface area contributed by atoms with Gasteiger partial charge in [-0.05, 0) is 51.1 Å². The molecule has 0 aliphatic carbocycles. The van der Waals surface area contributed by atoms with Crippen LogP contribution in [0.1, 0.15) is 41.6 Å². The molecule has 2 aliphatic heterocycles. The van der Waals surface area contributed by atoms with Crippen molar-refractivity contribution in [2.75, 3.05) is 49.9 Å². The van der Waals surface area contributed by atoms with Crippen molar-refractivity contribution in [3.05, 3.63) is 71.4 Å². The van der Waals surface area contributed by atoms with E-state index >= 15 is 0 Å². The van der Waals surface area contributed by atoms with Gasteiger partial charge in [-0.15, -0.1) is 11.3 Å². The number of hydrogen-bond acceptors (Lipinski definition) is 9. The minimum absolute atomic E-state index is 0.0253. The molecule has 2 aromatic carbocycles. The molecule has 4 heterocycles. The lowest BCUT2D eigenvalue weighted by atomic mass is 10.1. The number of aromatic nitrogens is 3. The first kappa shape index (κ1) is 31.0. The van der Waals surface area contributed by atoms with Crippen molar-refractivity contribution in [3.8, 4) is 0 Å². The standard InChI is InChI=1S/C32H36N8O5S/c1-32(2,3)45-31(44)39-17-24(18-39)34-30-35-26(20-46-30)28(42)33-23-9-10-25-22(15-23)16-40(36-25)19-27(41)37-11-13-38(14-12-37)29(43)21-7-5-4-6-8-21/h4-10,15-16,20,24H,11-14,17-19H2,1-3H3,(H,33,42)(H,34,35). The highest BCUT2D eigenvalue weighted by atomic mass is 32.1. The Bertz CT molecular complexity index is 1750. The van der Waals surface area contributed by atoms with E-state index in [-0.39, 0.29) is 42.1 Å². The Morgan fingerprint density at radius 1 is 0.957 bits per heavy atom. The SMILES string of the molecule is CC(C)(C)OC(=O)N1CC(Nc2nc(C(=O)Nc3ccc4nn(CC(=O)N5CCN(C(=O)c6ccccc6)CC5)cc4c3)cs2)C1. The summed E-state index contributed by atoms with van der Waals surface area (Å²) < 4.78 is 6.98. The molecule has 240 valence electrons. The van der Waals surface area contributed by atoms with Gasteiger partial charge in [0.2, 0.25) is 5.91 Å². The van der Waals surface area contributed by atoms with Gasteiger partial charge in [-0.2, -0.15) is 5.10 Å². The third-order valence-corrected chi connectivity index (χ3v) is 8.42. The molecular formula is C32H36N8O5S. The van der Waals surface area contributed by atoms with Crippen molar-refractivity contribution in [2.24, 2.45) is 0 Å². The van der Waals surface area contributed by atoms with Crippen molar-refractivity contribution in [3.63, 3.8) is 0 Å². The zero-order valence-corrected chi connectivity index (χ0v) is 26.7.